The quantitative estimate of drug-likeness (QED) is 0.726. The van der Waals surface area contributed by atoms with Crippen molar-refractivity contribution in [3.8, 4) is 0 Å². The Morgan fingerprint density at radius 3 is 2.73 bits per heavy atom. The number of hydrogen-bond acceptors (Lipinski definition) is 5. The topological polar surface area (TPSA) is 78.5 Å². The Balaban J connectivity index is 1.79. The molecule has 6 nitrogen and oxygen atoms in total. The molecule has 0 aliphatic carbocycles. The van der Waals surface area contributed by atoms with E-state index in [1.165, 1.54) is 12.1 Å². The average molecular weight is 325 g/mol. The van der Waals surface area contributed by atoms with E-state index in [1.54, 1.807) is 12.1 Å². The van der Waals surface area contributed by atoms with Crippen LogP contribution in [-0.2, 0) is 9.84 Å². The van der Waals surface area contributed by atoms with Gasteiger partial charge in [0.15, 0.2) is 9.84 Å². The van der Waals surface area contributed by atoms with Gasteiger partial charge in [0.1, 0.15) is 0 Å². The Morgan fingerprint density at radius 2 is 2.05 bits per heavy atom. The van der Waals surface area contributed by atoms with Gasteiger partial charge in [-0.25, -0.2) is 8.42 Å². The van der Waals surface area contributed by atoms with E-state index in [9.17, 15) is 13.2 Å². The van der Waals surface area contributed by atoms with Gasteiger partial charge in [-0.3, -0.25) is 4.79 Å². The van der Waals surface area contributed by atoms with Gasteiger partial charge in [-0.2, -0.15) is 0 Å². The molecule has 0 spiro atoms. The lowest BCUT2D eigenvalue weighted by molar-refractivity contribution is 0.0951. The Hall–Kier alpha value is -1.44. The van der Waals surface area contributed by atoms with Crippen molar-refractivity contribution in [2.45, 2.75) is 11.3 Å². The fourth-order valence-corrected chi connectivity index (χ4v) is 3.08. The molecule has 1 aliphatic heterocycles. The summed E-state index contributed by atoms with van der Waals surface area (Å²) < 4.78 is 23.0. The highest BCUT2D eigenvalue weighted by atomic mass is 32.2. The van der Waals surface area contributed by atoms with Crippen molar-refractivity contribution in [2.24, 2.45) is 0 Å². The van der Waals surface area contributed by atoms with Gasteiger partial charge in [-0.05, 0) is 31.2 Å². The lowest BCUT2D eigenvalue weighted by Gasteiger charge is -2.27. The molecular formula is C15H23N3O3S. The van der Waals surface area contributed by atoms with Crippen molar-refractivity contribution in [1.82, 2.24) is 15.5 Å². The van der Waals surface area contributed by atoms with Crippen molar-refractivity contribution >= 4 is 15.7 Å². The standard InChI is InChI=1S/C15H23N3O3S/c1-22(20,21)14-5-2-4-13(12-14)15(19)17-6-3-9-18-10-7-16-8-11-18/h2,4-5,12,16H,3,6-11H2,1H3,(H,17,19). The van der Waals surface area contributed by atoms with Crippen LogP contribution >= 0.6 is 0 Å². The Kier molecular flexibility index (Phi) is 5.93. The van der Waals surface area contributed by atoms with Crippen molar-refractivity contribution < 1.29 is 13.2 Å². The summed E-state index contributed by atoms with van der Waals surface area (Å²) >= 11 is 0. The minimum absolute atomic E-state index is 0.168. The molecule has 0 atom stereocenters. The van der Waals surface area contributed by atoms with Gasteiger partial charge >= 0.3 is 0 Å². The SMILES string of the molecule is CS(=O)(=O)c1cccc(C(=O)NCCCN2CCNCC2)c1. The fraction of sp³-hybridized carbons (Fsp3) is 0.533. The van der Waals surface area contributed by atoms with Crippen LogP contribution in [0.1, 0.15) is 16.8 Å². The first-order valence-corrected chi connectivity index (χ1v) is 9.37. The molecule has 22 heavy (non-hydrogen) atoms. The van der Waals surface area contributed by atoms with E-state index in [0.29, 0.717) is 12.1 Å². The molecule has 0 aromatic heterocycles. The van der Waals surface area contributed by atoms with Crippen molar-refractivity contribution in [3.63, 3.8) is 0 Å². The molecule has 122 valence electrons. The van der Waals surface area contributed by atoms with Crippen molar-refractivity contribution in [2.75, 3.05) is 45.5 Å². The first-order chi connectivity index (χ1) is 10.5. The maximum Gasteiger partial charge on any atom is 0.251 e. The van der Waals surface area contributed by atoms with E-state index >= 15 is 0 Å². The number of amides is 1. The molecule has 2 N–H and O–H groups in total. The number of sulfone groups is 1. The molecular weight excluding hydrogens is 302 g/mol. The van der Waals surface area contributed by atoms with Crippen LogP contribution in [0.15, 0.2) is 29.2 Å². The molecule has 0 radical (unpaired) electrons. The van der Waals surface area contributed by atoms with Crippen LogP contribution in [0.2, 0.25) is 0 Å². The number of piperazine rings is 1. The lowest BCUT2D eigenvalue weighted by Crippen LogP contribution is -2.44. The molecule has 1 saturated heterocycles. The maximum absolute atomic E-state index is 12.0. The Bertz CT molecular complexity index is 610. The molecule has 1 heterocycles. The normalized spacial score (nSPS) is 16.4. The van der Waals surface area contributed by atoms with Crippen LogP contribution < -0.4 is 10.6 Å². The first-order valence-electron chi connectivity index (χ1n) is 7.48. The molecule has 1 aromatic carbocycles. The molecule has 0 unspecified atom stereocenters. The third-order valence-corrected chi connectivity index (χ3v) is 4.78. The van der Waals surface area contributed by atoms with Gasteiger partial charge < -0.3 is 15.5 Å². The zero-order chi connectivity index (χ0) is 16.0. The van der Waals surface area contributed by atoms with E-state index < -0.39 is 9.84 Å². The molecule has 2 rings (SSSR count). The molecule has 0 bridgehead atoms. The van der Waals surface area contributed by atoms with Gasteiger partial charge in [-0.1, -0.05) is 6.07 Å². The van der Waals surface area contributed by atoms with Gasteiger partial charge in [0.2, 0.25) is 0 Å². The highest BCUT2D eigenvalue weighted by Crippen LogP contribution is 2.11. The molecule has 1 amide bonds. The van der Waals surface area contributed by atoms with E-state index in [-0.39, 0.29) is 10.8 Å². The minimum atomic E-state index is -3.29. The third kappa shape index (κ3) is 5.08. The summed E-state index contributed by atoms with van der Waals surface area (Å²) in [6.45, 7) is 5.68. The zero-order valence-electron chi connectivity index (χ0n) is 12.8. The monoisotopic (exact) mass is 325 g/mol. The van der Waals surface area contributed by atoms with Gasteiger partial charge in [0.05, 0.1) is 4.90 Å². The summed E-state index contributed by atoms with van der Waals surface area (Å²) in [5, 5.41) is 6.14. The summed E-state index contributed by atoms with van der Waals surface area (Å²) in [5.74, 6) is -0.231. The predicted molar refractivity (Wildman–Crippen MR) is 85.8 cm³/mol. The number of carbonyl (C=O) groups is 1. The number of hydrogen-bond donors (Lipinski definition) is 2. The summed E-state index contributed by atoms with van der Waals surface area (Å²) in [5.41, 5.74) is 0.380. The first kappa shape index (κ1) is 16.9. The molecule has 1 aromatic rings. The lowest BCUT2D eigenvalue weighted by atomic mass is 10.2. The second-order valence-corrected chi connectivity index (χ2v) is 7.52. The number of carbonyl (C=O) groups excluding carboxylic acids is 1. The number of benzene rings is 1. The number of nitrogens with one attached hydrogen (secondary N) is 2. The van der Waals surface area contributed by atoms with Gasteiger partial charge in [0, 0.05) is 44.5 Å². The molecule has 1 aliphatic rings. The Morgan fingerprint density at radius 1 is 1.32 bits per heavy atom. The van der Waals surface area contributed by atoms with Crippen LogP contribution in [0, 0.1) is 0 Å². The maximum atomic E-state index is 12.0. The smallest absolute Gasteiger partial charge is 0.251 e. The second-order valence-electron chi connectivity index (χ2n) is 5.50. The van der Waals surface area contributed by atoms with E-state index in [1.807, 2.05) is 0 Å². The van der Waals surface area contributed by atoms with Gasteiger partial charge in [0.25, 0.3) is 5.91 Å². The summed E-state index contributed by atoms with van der Waals surface area (Å²) in [6, 6.07) is 6.13. The molecule has 1 fully saturated rings. The summed E-state index contributed by atoms with van der Waals surface area (Å²) in [6.07, 6.45) is 2.02. The van der Waals surface area contributed by atoms with E-state index in [0.717, 1.165) is 45.4 Å². The van der Waals surface area contributed by atoms with Crippen LogP contribution in [0.3, 0.4) is 0 Å². The number of nitrogens with zero attached hydrogens (tertiary/aromatic N) is 1. The van der Waals surface area contributed by atoms with Crippen molar-refractivity contribution in [1.29, 1.82) is 0 Å². The Labute approximate surface area is 131 Å². The van der Waals surface area contributed by atoms with E-state index in [2.05, 4.69) is 15.5 Å². The van der Waals surface area contributed by atoms with Crippen LogP contribution in [-0.4, -0.2) is 64.7 Å². The predicted octanol–water partition coefficient (Wildman–Crippen LogP) is 0.115. The molecule has 7 heteroatoms. The summed E-state index contributed by atoms with van der Waals surface area (Å²) in [7, 11) is -3.29. The fourth-order valence-electron chi connectivity index (χ4n) is 2.41. The summed E-state index contributed by atoms with van der Waals surface area (Å²) in [4.78, 5) is 14.6. The average Bonchev–Trinajstić information content (AvgIpc) is 2.52. The largest absolute Gasteiger partial charge is 0.352 e. The molecule has 0 saturated carbocycles. The minimum Gasteiger partial charge on any atom is -0.352 e. The third-order valence-electron chi connectivity index (χ3n) is 3.67. The van der Waals surface area contributed by atoms with Crippen LogP contribution in [0.25, 0.3) is 0 Å². The van der Waals surface area contributed by atoms with Crippen LogP contribution in [0.5, 0.6) is 0 Å². The number of rotatable bonds is 6. The van der Waals surface area contributed by atoms with Crippen molar-refractivity contribution in [3.05, 3.63) is 29.8 Å². The van der Waals surface area contributed by atoms with E-state index in [4.69, 9.17) is 0 Å². The highest BCUT2D eigenvalue weighted by molar-refractivity contribution is 7.90. The second kappa shape index (κ2) is 7.71. The zero-order valence-corrected chi connectivity index (χ0v) is 13.7. The van der Waals surface area contributed by atoms with Gasteiger partial charge in [-0.15, -0.1) is 0 Å². The highest BCUT2D eigenvalue weighted by Gasteiger charge is 2.12. The van der Waals surface area contributed by atoms with Crippen LogP contribution in [0.4, 0.5) is 0 Å².